The van der Waals surface area contributed by atoms with Crippen LogP contribution in [0.1, 0.15) is 28.4 Å². The molecule has 0 radical (unpaired) electrons. The van der Waals surface area contributed by atoms with Crippen LogP contribution in [0.3, 0.4) is 0 Å². The van der Waals surface area contributed by atoms with Crippen molar-refractivity contribution in [3.05, 3.63) is 93.5 Å². The zero-order valence-corrected chi connectivity index (χ0v) is 18.2. The molecule has 150 valence electrons. The Labute approximate surface area is 185 Å². The number of carbonyl (C=O) groups excluding carboxylic acids is 1. The van der Waals surface area contributed by atoms with Gasteiger partial charge in [0.25, 0.3) is 5.91 Å². The first-order valence-corrected chi connectivity index (χ1v) is 10.5. The van der Waals surface area contributed by atoms with Crippen molar-refractivity contribution >= 4 is 45.7 Å². The number of para-hydroxylation sites is 1. The fourth-order valence-electron chi connectivity index (χ4n) is 3.61. The fourth-order valence-corrected chi connectivity index (χ4v) is 4.10. The molecule has 0 saturated carbocycles. The van der Waals surface area contributed by atoms with Crippen molar-refractivity contribution in [3.63, 3.8) is 0 Å². The van der Waals surface area contributed by atoms with Crippen LogP contribution < -0.4 is 5.32 Å². The summed E-state index contributed by atoms with van der Waals surface area (Å²) in [7, 11) is 0. The van der Waals surface area contributed by atoms with Gasteiger partial charge in [-0.1, -0.05) is 60.5 Å². The molecule has 1 heterocycles. The van der Waals surface area contributed by atoms with Crippen molar-refractivity contribution in [2.75, 3.05) is 5.32 Å². The Morgan fingerprint density at radius 2 is 1.80 bits per heavy atom. The Hall–Kier alpha value is -2.88. The van der Waals surface area contributed by atoms with Crippen LogP contribution in [0, 0.1) is 6.92 Å². The minimum absolute atomic E-state index is 0.175. The second-order valence-electron chi connectivity index (χ2n) is 7.11. The largest absolute Gasteiger partial charge is 0.322 e. The molecule has 0 fully saturated rings. The molecule has 0 aliphatic carbocycles. The first-order valence-electron chi connectivity index (χ1n) is 9.73. The summed E-state index contributed by atoms with van der Waals surface area (Å²) < 4.78 is 0. The van der Waals surface area contributed by atoms with Crippen LogP contribution in [-0.4, -0.2) is 10.9 Å². The van der Waals surface area contributed by atoms with Crippen LogP contribution in [0.2, 0.25) is 10.0 Å². The zero-order valence-electron chi connectivity index (χ0n) is 16.7. The topological polar surface area (TPSA) is 42.0 Å². The maximum absolute atomic E-state index is 13.4. The molecule has 4 rings (SSSR count). The average Bonchev–Trinajstić information content (AvgIpc) is 2.73. The molecular weight excluding hydrogens is 415 g/mol. The molecule has 4 aromatic rings. The molecule has 5 heteroatoms. The molecule has 1 amide bonds. The van der Waals surface area contributed by atoms with Gasteiger partial charge in [-0.3, -0.25) is 4.79 Å². The number of pyridine rings is 1. The van der Waals surface area contributed by atoms with Gasteiger partial charge in [0.2, 0.25) is 0 Å². The highest BCUT2D eigenvalue weighted by Crippen LogP contribution is 2.35. The van der Waals surface area contributed by atoms with Crippen molar-refractivity contribution < 1.29 is 4.79 Å². The number of hydrogen-bond acceptors (Lipinski definition) is 2. The predicted molar refractivity (Wildman–Crippen MR) is 126 cm³/mol. The van der Waals surface area contributed by atoms with E-state index in [1.807, 2.05) is 61.5 Å². The van der Waals surface area contributed by atoms with E-state index >= 15 is 0 Å². The normalized spacial score (nSPS) is 10.9. The number of aromatic nitrogens is 1. The lowest BCUT2D eigenvalue weighted by atomic mass is 9.97. The number of benzene rings is 3. The van der Waals surface area contributed by atoms with Gasteiger partial charge in [0, 0.05) is 21.7 Å². The summed E-state index contributed by atoms with van der Waals surface area (Å²) in [5.74, 6) is -0.175. The highest BCUT2D eigenvalue weighted by molar-refractivity contribution is 6.36. The van der Waals surface area contributed by atoms with Crippen molar-refractivity contribution in [2.45, 2.75) is 20.3 Å². The molecule has 0 bridgehead atoms. The Bertz CT molecular complexity index is 1270. The van der Waals surface area contributed by atoms with E-state index in [1.165, 1.54) is 0 Å². The molecule has 0 saturated heterocycles. The van der Waals surface area contributed by atoms with Crippen LogP contribution in [-0.2, 0) is 6.42 Å². The SMILES string of the molecule is CCc1cccc(NC(=O)c2c(C)c(-c3ccc(Cl)cc3Cl)nc3ccccc23)c1. The Morgan fingerprint density at radius 3 is 2.57 bits per heavy atom. The lowest BCUT2D eigenvalue weighted by Gasteiger charge is -2.16. The van der Waals surface area contributed by atoms with Gasteiger partial charge in [-0.05, 0) is 60.9 Å². The number of carbonyl (C=O) groups is 1. The third-order valence-corrected chi connectivity index (χ3v) is 5.69. The maximum Gasteiger partial charge on any atom is 0.256 e. The number of hydrogen-bond donors (Lipinski definition) is 1. The zero-order chi connectivity index (χ0) is 21.3. The summed E-state index contributed by atoms with van der Waals surface area (Å²) in [6.07, 6.45) is 0.903. The molecular formula is C25H20Cl2N2O. The monoisotopic (exact) mass is 434 g/mol. The van der Waals surface area contributed by atoms with E-state index < -0.39 is 0 Å². The smallest absolute Gasteiger partial charge is 0.256 e. The number of aryl methyl sites for hydroxylation is 1. The van der Waals surface area contributed by atoms with Crippen molar-refractivity contribution in [1.29, 1.82) is 0 Å². The van der Waals surface area contributed by atoms with Gasteiger partial charge in [-0.25, -0.2) is 4.98 Å². The first-order chi connectivity index (χ1) is 14.5. The Morgan fingerprint density at radius 1 is 1.00 bits per heavy atom. The van der Waals surface area contributed by atoms with Crippen LogP contribution in [0.4, 0.5) is 5.69 Å². The van der Waals surface area contributed by atoms with Crippen LogP contribution >= 0.6 is 23.2 Å². The molecule has 0 spiro atoms. The van der Waals surface area contributed by atoms with Gasteiger partial charge in [-0.2, -0.15) is 0 Å². The van der Waals surface area contributed by atoms with E-state index in [0.29, 0.717) is 21.3 Å². The van der Waals surface area contributed by atoms with Gasteiger partial charge < -0.3 is 5.32 Å². The third kappa shape index (κ3) is 3.91. The number of halogens is 2. The number of fused-ring (bicyclic) bond motifs is 1. The summed E-state index contributed by atoms with van der Waals surface area (Å²) >= 11 is 12.5. The van der Waals surface area contributed by atoms with Crippen LogP contribution in [0.5, 0.6) is 0 Å². The summed E-state index contributed by atoms with van der Waals surface area (Å²) in [5.41, 5.74) is 5.43. The second-order valence-corrected chi connectivity index (χ2v) is 7.95. The van der Waals surface area contributed by atoms with E-state index in [9.17, 15) is 4.79 Å². The number of anilines is 1. The number of rotatable bonds is 4. The van der Waals surface area contributed by atoms with Crippen molar-refractivity contribution in [3.8, 4) is 11.3 Å². The molecule has 1 aromatic heterocycles. The van der Waals surface area contributed by atoms with E-state index in [2.05, 4.69) is 12.2 Å². The van der Waals surface area contributed by atoms with Crippen molar-refractivity contribution in [1.82, 2.24) is 4.98 Å². The molecule has 3 nitrogen and oxygen atoms in total. The molecule has 1 N–H and O–H groups in total. The lowest BCUT2D eigenvalue weighted by molar-refractivity contribution is 0.102. The predicted octanol–water partition coefficient (Wildman–Crippen LogP) is 7.33. The standard InChI is InChI=1S/C25H20Cl2N2O/c1-3-16-7-6-8-18(13-16)28-25(30)23-15(2)24(19-12-11-17(26)14-21(19)27)29-22-10-5-4-9-20(22)23/h4-14H,3H2,1-2H3,(H,28,30). The van der Waals surface area contributed by atoms with Gasteiger partial charge in [0.1, 0.15) is 0 Å². The Balaban J connectivity index is 1.87. The van der Waals surface area contributed by atoms with E-state index in [0.717, 1.165) is 39.7 Å². The molecule has 0 aliphatic rings. The van der Waals surface area contributed by atoms with E-state index in [-0.39, 0.29) is 5.91 Å². The minimum Gasteiger partial charge on any atom is -0.322 e. The fraction of sp³-hybridized carbons (Fsp3) is 0.120. The number of nitrogens with one attached hydrogen (secondary N) is 1. The summed E-state index contributed by atoms with van der Waals surface area (Å²) in [6.45, 7) is 3.99. The summed E-state index contributed by atoms with van der Waals surface area (Å²) in [6, 6.07) is 20.8. The molecule has 3 aromatic carbocycles. The van der Waals surface area contributed by atoms with E-state index in [1.54, 1.807) is 12.1 Å². The summed E-state index contributed by atoms with van der Waals surface area (Å²) in [4.78, 5) is 18.2. The lowest BCUT2D eigenvalue weighted by Crippen LogP contribution is -2.15. The highest BCUT2D eigenvalue weighted by atomic mass is 35.5. The van der Waals surface area contributed by atoms with Gasteiger partial charge in [0.05, 0.1) is 21.8 Å². The number of amides is 1. The van der Waals surface area contributed by atoms with Gasteiger partial charge in [0.15, 0.2) is 0 Å². The average molecular weight is 435 g/mol. The minimum atomic E-state index is -0.175. The maximum atomic E-state index is 13.4. The van der Waals surface area contributed by atoms with Gasteiger partial charge >= 0.3 is 0 Å². The first kappa shape index (κ1) is 20.4. The van der Waals surface area contributed by atoms with E-state index in [4.69, 9.17) is 28.2 Å². The molecule has 30 heavy (non-hydrogen) atoms. The van der Waals surface area contributed by atoms with Crippen molar-refractivity contribution in [2.24, 2.45) is 0 Å². The second kappa shape index (κ2) is 8.47. The quantitative estimate of drug-likeness (QED) is 0.365. The third-order valence-electron chi connectivity index (χ3n) is 5.14. The van der Waals surface area contributed by atoms with Crippen LogP contribution in [0.25, 0.3) is 22.2 Å². The number of nitrogens with zero attached hydrogens (tertiary/aromatic N) is 1. The molecule has 0 atom stereocenters. The van der Waals surface area contributed by atoms with Crippen LogP contribution in [0.15, 0.2) is 66.7 Å². The summed E-state index contributed by atoms with van der Waals surface area (Å²) in [5, 5.41) is 4.89. The van der Waals surface area contributed by atoms with Gasteiger partial charge in [-0.15, -0.1) is 0 Å². The molecule has 0 unspecified atom stereocenters. The Kier molecular flexibility index (Phi) is 5.76. The molecule has 0 aliphatic heterocycles. The highest BCUT2D eigenvalue weighted by Gasteiger charge is 2.20.